The molecule has 0 aliphatic heterocycles. The van der Waals surface area contributed by atoms with Crippen molar-refractivity contribution in [3.63, 3.8) is 0 Å². The number of aliphatic carboxylic acids is 1. The molecule has 0 heterocycles. The lowest BCUT2D eigenvalue weighted by Gasteiger charge is -2.22. The van der Waals surface area contributed by atoms with Gasteiger partial charge in [-0.1, -0.05) is 24.3 Å². The summed E-state index contributed by atoms with van der Waals surface area (Å²) in [5, 5.41) is 11.6. The molecule has 2 aromatic rings. The first kappa shape index (κ1) is 24.7. The minimum absolute atomic E-state index is 0.0983. The molecule has 0 unspecified atom stereocenters. The molecule has 0 fully saturated rings. The van der Waals surface area contributed by atoms with Gasteiger partial charge in [0, 0.05) is 18.8 Å². The third-order valence-electron chi connectivity index (χ3n) is 4.10. The average Bonchev–Trinajstić information content (AvgIpc) is 2.66. The minimum atomic E-state index is -4.50. The van der Waals surface area contributed by atoms with Gasteiger partial charge in [-0.15, -0.1) is 0 Å². The van der Waals surface area contributed by atoms with Gasteiger partial charge in [-0.25, -0.2) is 9.59 Å². The maximum Gasteiger partial charge on any atom is 0.416 e. The topological polar surface area (TPSA) is 95.9 Å². The number of benzene rings is 2. The van der Waals surface area contributed by atoms with Gasteiger partial charge in [-0.2, -0.15) is 13.2 Å². The summed E-state index contributed by atoms with van der Waals surface area (Å²) in [6.07, 6.45) is -5.14. The number of carboxylic acids is 1. The molecule has 0 aliphatic rings. The summed E-state index contributed by atoms with van der Waals surface area (Å²) in [5.41, 5.74) is -0.177. The lowest BCUT2D eigenvalue weighted by atomic mass is 10.1. The zero-order chi connectivity index (χ0) is 24.1. The minimum Gasteiger partial charge on any atom is -0.474 e. The lowest BCUT2D eigenvalue weighted by molar-refractivity contribution is -0.156. The summed E-state index contributed by atoms with van der Waals surface area (Å²) in [5.74, 6) is -2.87. The van der Waals surface area contributed by atoms with Crippen LogP contribution in [-0.4, -0.2) is 33.6 Å². The molecule has 2 rings (SSSR count). The van der Waals surface area contributed by atoms with Crippen LogP contribution in [0.25, 0.3) is 0 Å². The van der Waals surface area contributed by atoms with Crippen LogP contribution < -0.4 is 5.32 Å². The molecule has 10 heteroatoms. The standard InChI is InChI=1S/C22H23F3N2O5/c1-21(2,3)32-20(31)26-17-10-6-15(7-11-17)13-27(18(28)19(29)30)12-14-4-8-16(9-5-14)22(23,24)25/h4-11H,12-13H2,1-3H3,(H,26,31)(H,29,30). The molecule has 32 heavy (non-hydrogen) atoms. The lowest BCUT2D eigenvalue weighted by Crippen LogP contribution is -2.35. The number of carboxylic acid groups (broad SMARTS) is 1. The number of carbonyl (C=O) groups is 3. The van der Waals surface area contributed by atoms with Crippen LogP contribution in [0.3, 0.4) is 0 Å². The summed E-state index contributed by atoms with van der Waals surface area (Å²) in [6, 6.07) is 10.4. The van der Waals surface area contributed by atoms with E-state index >= 15 is 0 Å². The molecule has 0 saturated carbocycles. The van der Waals surface area contributed by atoms with Crippen molar-refractivity contribution in [2.45, 2.75) is 45.6 Å². The van der Waals surface area contributed by atoms with Crippen LogP contribution in [-0.2, 0) is 33.6 Å². The predicted molar refractivity (Wildman–Crippen MR) is 110 cm³/mol. The van der Waals surface area contributed by atoms with Gasteiger partial charge in [-0.05, 0) is 56.2 Å². The molecule has 2 N–H and O–H groups in total. The number of rotatable bonds is 5. The van der Waals surface area contributed by atoms with Crippen LogP contribution in [0.4, 0.5) is 23.7 Å². The number of ether oxygens (including phenoxy) is 1. The molecular weight excluding hydrogens is 429 g/mol. The molecule has 172 valence electrons. The van der Waals surface area contributed by atoms with Crippen LogP contribution >= 0.6 is 0 Å². The van der Waals surface area contributed by atoms with Crippen molar-refractivity contribution in [3.8, 4) is 0 Å². The van der Waals surface area contributed by atoms with E-state index in [2.05, 4.69) is 5.32 Å². The second-order valence-corrected chi connectivity index (χ2v) is 7.98. The van der Waals surface area contributed by atoms with E-state index in [9.17, 15) is 27.6 Å². The van der Waals surface area contributed by atoms with E-state index in [-0.39, 0.29) is 13.1 Å². The molecule has 0 aromatic heterocycles. The molecule has 0 bridgehead atoms. The Morgan fingerprint density at radius 3 is 1.78 bits per heavy atom. The van der Waals surface area contributed by atoms with Gasteiger partial charge >= 0.3 is 24.1 Å². The number of nitrogens with zero attached hydrogens (tertiary/aromatic N) is 1. The molecule has 0 spiro atoms. The molecular formula is C22H23F3N2O5. The van der Waals surface area contributed by atoms with Crippen LogP contribution in [0.2, 0.25) is 0 Å². The number of hydrogen-bond acceptors (Lipinski definition) is 4. The zero-order valence-electron chi connectivity index (χ0n) is 17.7. The second kappa shape index (κ2) is 9.71. The quantitative estimate of drug-likeness (QED) is 0.643. The van der Waals surface area contributed by atoms with Crippen LogP contribution in [0.15, 0.2) is 48.5 Å². The van der Waals surface area contributed by atoms with E-state index in [0.717, 1.165) is 17.0 Å². The summed E-state index contributed by atoms with van der Waals surface area (Å²) >= 11 is 0. The van der Waals surface area contributed by atoms with E-state index in [1.807, 2.05) is 0 Å². The van der Waals surface area contributed by atoms with Gasteiger partial charge in [0.25, 0.3) is 0 Å². The highest BCUT2D eigenvalue weighted by Gasteiger charge is 2.30. The Hall–Kier alpha value is -3.56. The van der Waals surface area contributed by atoms with Crippen molar-refractivity contribution in [3.05, 3.63) is 65.2 Å². The Labute approximate surface area is 182 Å². The Morgan fingerprint density at radius 2 is 1.38 bits per heavy atom. The van der Waals surface area contributed by atoms with Crippen molar-refractivity contribution >= 4 is 23.7 Å². The molecule has 2 amide bonds. The maximum absolute atomic E-state index is 12.7. The largest absolute Gasteiger partial charge is 0.474 e. The van der Waals surface area contributed by atoms with Gasteiger partial charge in [0.2, 0.25) is 0 Å². The predicted octanol–water partition coefficient (Wildman–Crippen LogP) is 4.67. The molecule has 0 saturated heterocycles. The third-order valence-corrected chi connectivity index (χ3v) is 4.10. The maximum atomic E-state index is 12.7. The average molecular weight is 452 g/mol. The summed E-state index contributed by atoms with van der Waals surface area (Å²) in [6.45, 7) is 4.88. The molecule has 0 aliphatic carbocycles. The second-order valence-electron chi connectivity index (χ2n) is 7.98. The van der Waals surface area contributed by atoms with Crippen LogP contribution in [0, 0.1) is 0 Å². The molecule has 2 aromatic carbocycles. The number of amides is 2. The molecule has 0 radical (unpaired) electrons. The monoisotopic (exact) mass is 452 g/mol. The Kier molecular flexibility index (Phi) is 7.50. The van der Waals surface area contributed by atoms with Gasteiger partial charge in [0.05, 0.1) is 5.56 Å². The fraction of sp³-hybridized carbons (Fsp3) is 0.318. The first-order valence-electron chi connectivity index (χ1n) is 9.52. The summed E-state index contributed by atoms with van der Waals surface area (Å²) < 4.78 is 43.3. The summed E-state index contributed by atoms with van der Waals surface area (Å²) in [7, 11) is 0. The smallest absolute Gasteiger partial charge is 0.416 e. The molecule has 7 nitrogen and oxygen atoms in total. The first-order valence-corrected chi connectivity index (χ1v) is 9.52. The zero-order valence-corrected chi connectivity index (χ0v) is 17.7. The number of carbonyl (C=O) groups excluding carboxylic acids is 2. The fourth-order valence-electron chi connectivity index (χ4n) is 2.69. The highest BCUT2D eigenvalue weighted by Crippen LogP contribution is 2.29. The summed E-state index contributed by atoms with van der Waals surface area (Å²) in [4.78, 5) is 36.1. The van der Waals surface area contributed by atoms with Gasteiger partial charge in [-0.3, -0.25) is 10.1 Å². The van der Waals surface area contributed by atoms with Crippen molar-refractivity contribution < 1.29 is 37.4 Å². The Morgan fingerprint density at radius 1 is 0.906 bits per heavy atom. The number of halogens is 3. The van der Waals surface area contributed by atoms with Crippen molar-refractivity contribution in [2.75, 3.05) is 5.32 Å². The fourth-order valence-corrected chi connectivity index (χ4v) is 2.69. The third kappa shape index (κ3) is 7.60. The number of nitrogens with one attached hydrogen (secondary N) is 1. The van der Waals surface area contributed by atoms with Gasteiger partial charge in [0.1, 0.15) is 5.60 Å². The van der Waals surface area contributed by atoms with E-state index in [1.165, 1.54) is 12.1 Å². The van der Waals surface area contributed by atoms with Gasteiger partial charge < -0.3 is 14.7 Å². The van der Waals surface area contributed by atoms with E-state index < -0.39 is 35.3 Å². The SMILES string of the molecule is CC(C)(C)OC(=O)Nc1ccc(CN(Cc2ccc(C(F)(F)F)cc2)C(=O)C(=O)O)cc1. The highest BCUT2D eigenvalue weighted by atomic mass is 19.4. The van der Waals surface area contributed by atoms with E-state index in [0.29, 0.717) is 16.8 Å². The normalized spacial score (nSPS) is 11.6. The first-order chi connectivity index (χ1) is 14.7. The van der Waals surface area contributed by atoms with E-state index in [1.54, 1.807) is 45.0 Å². The number of hydrogen-bond donors (Lipinski definition) is 2. The van der Waals surface area contributed by atoms with Crippen molar-refractivity contribution in [2.24, 2.45) is 0 Å². The van der Waals surface area contributed by atoms with Crippen molar-refractivity contribution in [1.29, 1.82) is 0 Å². The number of anilines is 1. The van der Waals surface area contributed by atoms with Crippen LogP contribution in [0.1, 0.15) is 37.5 Å². The van der Waals surface area contributed by atoms with Gasteiger partial charge in [0.15, 0.2) is 0 Å². The van der Waals surface area contributed by atoms with E-state index in [4.69, 9.17) is 9.84 Å². The number of alkyl halides is 3. The Balaban J connectivity index is 2.11. The highest BCUT2D eigenvalue weighted by molar-refractivity contribution is 6.31. The van der Waals surface area contributed by atoms with Crippen LogP contribution in [0.5, 0.6) is 0 Å². The van der Waals surface area contributed by atoms with Crippen molar-refractivity contribution in [1.82, 2.24) is 4.90 Å². The molecule has 0 atom stereocenters. The Bertz CT molecular complexity index is 965.